The average molecular weight is 272 g/mol. The van der Waals surface area contributed by atoms with E-state index < -0.39 is 5.41 Å². The summed E-state index contributed by atoms with van der Waals surface area (Å²) in [6, 6.07) is 0. The SMILES string of the molecule is CCC(CC)(C(=O)NN1CCN(C)CC1)C(N)=S. The van der Waals surface area contributed by atoms with Crippen LogP contribution in [-0.2, 0) is 4.79 Å². The standard InChI is InChI=1S/C12H24N4OS/c1-4-12(5-2,10(13)18)11(17)14-16-8-6-15(3)7-9-16/h4-9H2,1-3H3,(H2,13,18)(H,14,17). The first-order chi connectivity index (χ1) is 8.46. The molecule has 1 heterocycles. The van der Waals surface area contributed by atoms with Crippen LogP contribution in [0, 0.1) is 5.41 Å². The molecule has 1 aliphatic heterocycles. The molecule has 0 aromatic rings. The van der Waals surface area contributed by atoms with E-state index in [-0.39, 0.29) is 5.91 Å². The smallest absolute Gasteiger partial charge is 0.247 e. The van der Waals surface area contributed by atoms with Crippen LogP contribution >= 0.6 is 12.2 Å². The lowest BCUT2D eigenvalue weighted by atomic mass is 9.81. The van der Waals surface area contributed by atoms with Crippen LogP contribution in [0.2, 0.25) is 0 Å². The first-order valence-electron chi connectivity index (χ1n) is 6.50. The van der Waals surface area contributed by atoms with E-state index in [0.29, 0.717) is 17.8 Å². The Balaban J connectivity index is 2.65. The molecule has 104 valence electrons. The van der Waals surface area contributed by atoms with Crippen LogP contribution in [0.5, 0.6) is 0 Å². The van der Waals surface area contributed by atoms with Crippen LogP contribution in [0.25, 0.3) is 0 Å². The molecule has 0 unspecified atom stereocenters. The van der Waals surface area contributed by atoms with Crippen LogP contribution in [0.4, 0.5) is 0 Å². The molecule has 0 bridgehead atoms. The van der Waals surface area contributed by atoms with E-state index in [1.54, 1.807) is 0 Å². The van der Waals surface area contributed by atoms with Crippen molar-refractivity contribution in [2.24, 2.45) is 11.1 Å². The van der Waals surface area contributed by atoms with Crippen LogP contribution < -0.4 is 11.2 Å². The van der Waals surface area contributed by atoms with E-state index >= 15 is 0 Å². The minimum absolute atomic E-state index is 0.0652. The Morgan fingerprint density at radius 1 is 1.28 bits per heavy atom. The maximum absolute atomic E-state index is 12.4. The van der Waals surface area contributed by atoms with Gasteiger partial charge in [-0.3, -0.25) is 10.2 Å². The first-order valence-corrected chi connectivity index (χ1v) is 6.91. The number of thiocarbonyl (C=S) groups is 1. The molecule has 0 spiro atoms. The van der Waals surface area contributed by atoms with Crippen molar-refractivity contribution >= 4 is 23.1 Å². The fourth-order valence-electron chi connectivity index (χ4n) is 2.20. The van der Waals surface area contributed by atoms with Gasteiger partial charge in [0.25, 0.3) is 0 Å². The number of hydrogen-bond donors (Lipinski definition) is 2. The van der Waals surface area contributed by atoms with Crippen LogP contribution in [-0.4, -0.2) is 54.0 Å². The van der Waals surface area contributed by atoms with Gasteiger partial charge in [-0.2, -0.15) is 0 Å². The van der Waals surface area contributed by atoms with Gasteiger partial charge in [-0.05, 0) is 19.9 Å². The maximum atomic E-state index is 12.4. The second-order valence-electron chi connectivity index (χ2n) is 4.88. The quantitative estimate of drug-likeness (QED) is 0.708. The monoisotopic (exact) mass is 272 g/mol. The fraction of sp³-hybridized carbons (Fsp3) is 0.833. The number of carbonyl (C=O) groups is 1. The molecule has 0 aromatic carbocycles. The van der Waals surface area contributed by atoms with E-state index in [2.05, 4.69) is 17.4 Å². The summed E-state index contributed by atoms with van der Waals surface area (Å²) in [5.41, 5.74) is 8.02. The number of piperazine rings is 1. The van der Waals surface area contributed by atoms with E-state index in [4.69, 9.17) is 18.0 Å². The van der Waals surface area contributed by atoms with Crippen molar-refractivity contribution in [2.45, 2.75) is 26.7 Å². The zero-order valence-corrected chi connectivity index (χ0v) is 12.3. The van der Waals surface area contributed by atoms with Crippen molar-refractivity contribution in [1.82, 2.24) is 15.3 Å². The maximum Gasteiger partial charge on any atom is 0.247 e. The normalized spacial score (nSPS) is 18.6. The number of amides is 1. The zero-order valence-electron chi connectivity index (χ0n) is 11.5. The van der Waals surface area contributed by atoms with E-state index in [9.17, 15) is 4.79 Å². The van der Waals surface area contributed by atoms with Gasteiger partial charge in [0.1, 0.15) is 0 Å². The third kappa shape index (κ3) is 3.18. The second-order valence-corrected chi connectivity index (χ2v) is 5.32. The van der Waals surface area contributed by atoms with Gasteiger partial charge in [-0.1, -0.05) is 26.1 Å². The molecule has 3 N–H and O–H groups in total. The topological polar surface area (TPSA) is 61.6 Å². The highest BCUT2D eigenvalue weighted by atomic mass is 32.1. The van der Waals surface area contributed by atoms with Gasteiger partial charge >= 0.3 is 0 Å². The van der Waals surface area contributed by atoms with Crippen molar-refractivity contribution < 1.29 is 4.79 Å². The third-order valence-corrected chi connectivity index (χ3v) is 4.27. The molecular weight excluding hydrogens is 248 g/mol. The summed E-state index contributed by atoms with van der Waals surface area (Å²) in [7, 11) is 2.08. The Morgan fingerprint density at radius 2 is 1.78 bits per heavy atom. The Hall–Kier alpha value is -0.720. The summed E-state index contributed by atoms with van der Waals surface area (Å²) in [6.07, 6.45) is 1.27. The molecule has 1 fully saturated rings. The molecule has 1 rings (SSSR count). The predicted molar refractivity (Wildman–Crippen MR) is 77.0 cm³/mol. The Bertz CT molecular complexity index is 309. The van der Waals surface area contributed by atoms with Crippen LogP contribution in [0.1, 0.15) is 26.7 Å². The molecule has 0 atom stereocenters. The molecule has 1 amide bonds. The minimum Gasteiger partial charge on any atom is -0.392 e. The summed E-state index contributed by atoms with van der Waals surface area (Å²) >= 11 is 5.08. The average Bonchev–Trinajstić information content (AvgIpc) is 2.34. The lowest BCUT2D eigenvalue weighted by Gasteiger charge is -2.36. The summed E-state index contributed by atoms with van der Waals surface area (Å²) in [5, 5.41) is 1.96. The van der Waals surface area contributed by atoms with Gasteiger partial charge in [-0.15, -0.1) is 0 Å². The number of likely N-dealkylation sites (N-methyl/N-ethyl adjacent to an activating group) is 1. The van der Waals surface area contributed by atoms with Crippen molar-refractivity contribution in [2.75, 3.05) is 33.2 Å². The van der Waals surface area contributed by atoms with Gasteiger partial charge in [0.15, 0.2) is 0 Å². The van der Waals surface area contributed by atoms with Crippen molar-refractivity contribution in [3.05, 3.63) is 0 Å². The molecule has 5 nitrogen and oxygen atoms in total. The fourth-order valence-corrected chi connectivity index (χ4v) is 2.58. The number of nitrogens with one attached hydrogen (secondary N) is 1. The van der Waals surface area contributed by atoms with Gasteiger partial charge in [0, 0.05) is 26.2 Å². The first kappa shape index (κ1) is 15.3. The number of carbonyl (C=O) groups excluding carboxylic acids is 1. The number of hydrogen-bond acceptors (Lipinski definition) is 4. The van der Waals surface area contributed by atoms with Crippen molar-refractivity contribution in [3.8, 4) is 0 Å². The highest BCUT2D eigenvalue weighted by Gasteiger charge is 2.39. The molecular formula is C12H24N4OS. The van der Waals surface area contributed by atoms with Crippen LogP contribution in [0.15, 0.2) is 0 Å². The molecule has 1 aliphatic rings. The molecule has 0 aromatic heterocycles. The van der Waals surface area contributed by atoms with E-state index in [0.717, 1.165) is 26.2 Å². The summed E-state index contributed by atoms with van der Waals surface area (Å²) in [4.78, 5) is 14.9. The number of nitrogens with two attached hydrogens (primary N) is 1. The number of hydrazine groups is 1. The van der Waals surface area contributed by atoms with E-state index in [1.807, 2.05) is 18.9 Å². The lowest BCUT2D eigenvalue weighted by Crippen LogP contribution is -2.58. The summed E-state index contributed by atoms with van der Waals surface area (Å²) < 4.78 is 0. The molecule has 0 saturated carbocycles. The number of nitrogens with zero attached hydrogens (tertiary/aromatic N) is 2. The third-order valence-electron chi connectivity index (χ3n) is 3.88. The molecule has 18 heavy (non-hydrogen) atoms. The zero-order chi connectivity index (χ0) is 13.8. The summed E-state index contributed by atoms with van der Waals surface area (Å²) in [5.74, 6) is -0.0652. The molecule has 6 heteroatoms. The molecule has 0 aliphatic carbocycles. The van der Waals surface area contributed by atoms with E-state index in [1.165, 1.54) is 0 Å². The van der Waals surface area contributed by atoms with Gasteiger partial charge in [0.05, 0.1) is 10.4 Å². The Morgan fingerprint density at radius 3 is 2.17 bits per heavy atom. The van der Waals surface area contributed by atoms with Gasteiger partial charge in [0.2, 0.25) is 5.91 Å². The summed E-state index contributed by atoms with van der Waals surface area (Å²) in [6.45, 7) is 7.49. The highest BCUT2D eigenvalue weighted by molar-refractivity contribution is 7.80. The lowest BCUT2D eigenvalue weighted by molar-refractivity contribution is -0.133. The molecule has 1 saturated heterocycles. The van der Waals surface area contributed by atoms with Gasteiger partial charge < -0.3 is 10.6 Å². The predicted octanol–water partition coefficient (Wildman–Crippen LogP) is 0.358. The highest BCUT2D eigenvalue weighted by Crippen LogP contribution is 2.27. The minimum atomic E-state index is -0.710. The Labute approximate surface area is 115 Å². The second kappa shape index (κ2) is 6.45. The van der Waals surface area contributed by atoms with Crippen molar-refractivity contribution in [1.29, 1.82) is 0 Å². The molecule has 0 radical (unpaired) electrons. The number of rotatable bonds is 5. The Kier molecular flexibility index (Phi) is 5.49. The van der Waals surface area contributed by atoms with Crippen molar-refractivity contribution in [3.63, 3.8) is 0 Å². The van der Waals surface area contributed by atoms with Gasteiger partial charge in [-0.25, -0.2) is 5.01 Å². The largest absolute Gasteiger partial charge is 0.392 e. The van der Waals surface area contributed by atoms with Crippen LogP contribution in [0.3, 0.4) is 0 Å².